The summed E-state index contributed by atoms with van der Waals surface area (Å²) >= 11 is 0. The number of hydrogen-bond acceptors (Lipinski definition) is 6. The molecule has 0 fully saturated rings. The minimum atomic E-state index is -0.231. The van der Waals surface area contributed by atoms with Gasteiger partial charge < -0.3 is 14.8 Å². The predicted octanol–water partition coefficient (Wildman–Crippen LogP) is 3.73. The highest BCUT2D eigenvalue weighted by Gasteiger charge is 2.18. The molecule has 160 valence electrons. The number of fused-ring (bicyclic) bond motifs is 1. The molecular formula is C24H21N5O3. The summed E-state index contributed by atoms with van der Waals surface area (Å²) in [6.45, 7) is 2.35. The van der Waals surface area contributed by atoms with Crippen LogP contribution in [0.4, 0.5) is 0 Å². The maximum absolute atomic E-state index is 12.7. The Morgan fingerprint density at radius 2 is 1.91 bits per heavy atom. The normalized spacial score (nSPS) is 10.6. The number of hydrogen-bond donors (Lipinski definition) is 1. The smallest absolute Gasteiger partial charge is 0.253 e. The predicted molar refractivity (Wildman–Crippen MR) is 120 cm³/mol. The number of nitrogens with one attached hydrogen (secondary N) is 1. The molecule has 0 unspecified atom stereocenters. The van der Waals surface area contributed by atoms with Gasteiger partial charge >= 0.3 is 0 Å². The Hall–Kier alpha value is -4.38. The number of amides is 1. The molecular weight excluding hydrogens is 406 g/mol. The van der Waals surface area contributed by atoms with E-state index in [1.165, 1.54) is 0 Å². The number of nitrogens with zero attached hydrogens (tertiary/aromatic N) is 4. The van der Waals surface area contributed by atoms with Crippen LogP contribution in [0.5, 0.6) is 11.5 Å². The van der Waals surface area contributed by atoms with Gasteiger partial charge in [-0.2, -0.15) is 5.26 Å². The molecule has 2 heterocycles. The van der Waals surface area contributed by atoms with Crippen LogP contribution in [0.15, 0.2) is 54.9 Å². The van der Waals surface area contributed by atoms with E-state index < -0.39 is 0 Å². The zero-order valence-electron chi connectivity index (χ0n) is 17.9. The molecule has 0 saturated carbocycles. The summed E-state index contributed by atoms with van der Waals surface area (Å²) in [6, 6.07) is 16.3. The summed E-state index contributed by atoms with van der Waals surface area (Å²) in [5.41, 5.74) is 3.56. The van der Waals surface area contributed by atoms with Crippen LogP contribution in [-0.2, 0) is 0 Å². The van der Waals surface area contributed by atoms with Gasteiger partial charge in [0.2, 0.25) is 0 Å². The Bertz CT molecular complexity index is 1350. The third-order valence-electron chi connectivity index (χ3n) is 5.03. The van der Waals surface area contributed by atoms with Gasteiger partial charge in [-0.3, -0.25) is 9.36 Å². The first kappa shape index (κ1) is 20.9. The van der Waals surface area contributed by atoms with Crippen LogP contribution in [-0.4, -0.2) is 41.2 Å². The third kappa shape index (κ3) is 3.72. The Morgan fingerprint density at radius 1 is 1.12 bits per heavy atom. The molecule has 0 bridgehead atoms. The maximum atomic E-state index is 12.7. The van der Waals surface area contributed by atoms with Crippen molar-refractivity contribution in [3.05, 3.63) is 66.0 Å². The lowest BCUT2D eigenvalue weighted by molar-refractivity contribution is 0.0956. The highest BCUT2D eigenvalue weighted by Crippen LogP contribution is 2.33. The second kappa shape index (κ2) is 8.78. The zero-order valence-corrected chi connectivity index (χ0v) is 17.9. The van der Waals surface area contributed by atoms with Gasteiger partial charge in [0, 0.05) is 24.2 Å². The second-order valence-electron chi connectivity index (χ2n) is 6.93. The summed E-state index contributed by atoms with van der Waals surface area (Å²) in [4.78, 5) is 21.9. The molecule has 32 heavy (non-hydrogen) atoms. The van der Waals surface area contributed by atoms with Gasteiger partial charge in [-0.1, -0.05) is 12.1 Å². The lowest BCUT2D eigenvalue weighted by Crippen LogP contribution is -2.23. The number of nitriles is 1. The highest BCUT2D eigenvalue weighted by molar-refractivity contribution is 6.00. The van der Waals surface area contributed by atoms with Crippen LogP contribution in [0.3, 0.4) is 0 Å². The molecule has 1 N–H and O–H groups in total. The lowest BCUT2D eigenvalue weighted by Gasteiger charge is -2.13. The van der Waals surface area contributed by atoms with E-state index in [0.29, 0.717) is 51.8 Å². The summed E-state index contributed by atoms with van der Waals surface area (Å²) in [6.07, 6.45) is 1.66. The van der Waals surface area contributed by atoms with Crippen molar-refractivity contribution in [2.24, 2.45) is 0 Å². The summed E-state index contributed by atoms with van der Waals surface area (Å²) < 4.78 is 12.6. The topological polar surface area (TPSA) is 102 Å². The average Bonchev–Trinajstić information content (AvgIpc) is 3.25. The van der Waals surface area contributed by atoms with E-state index in [1.54, 1.807) is 56.9 Å². The molecule has 0 spiro atoms. The molecule has 4 rings (SSSR count). The fourth-order valence-corrected chi connectivity index (χ4v) is 3.50. The number of rotatable bonds is 6. The first-order valence-electron chi connectivity index (χ1n) is 9.98. The Kier molecular flexibility index (Phi) is 5.73. The standard InChI is InChI=1S/C24H21N5O3/c1-4-26-24(30)17-8-9-22(28-23(17)16-7-5-6-15(10-16)13-25)29-14-27-18-11-20(31-2)21(32-3)12-19(18)29/h5-12,14H,4H2,1-3H3,(H,26,30). The fourth-order valence-electron chi connectivity index (χ4n) is 3.50. The van der Waals surface area contributed by atoms with E-state index >= 15 is 0 Å². The van der Waals surface area contributed by atoms with Crippen molar-refractivity contribution in [3.8, 4) is 34.6 Å². The highest BCUT2D eigenvalue weighted by atomic mass is 16.5. The quantitative estimate of drug-likeness (QED) is 0.503. The van der Waals surface area contributed by atoms with Gasteiger partial charge in [0.1, 0.15) is 12.1 Å². The molecule has 8 heteroatoms. The van der Waals surface area contributed by atoms with Crippen molar-refractivity contribution in [2.45, 2.75) is 6.92 Å². The molecule has 0 aliphatic rings. The fraction of sp³-hybridized carbons (Fsp3) is 0.167. The van der Waals surface area contributed by atoms with Crippen LogP contribution in [0.25, 0.3) is 28.1 Å². The minimum absolute atomic E-state index is 0.231. The molecule has 0 aliphatic heterocycles. The molecule has 0 saturated heterocycles. The first-order chi connectivity index (χ1) is 15.6. The summed E-state index contributed by atoms with van der Waals surface area (Å²) in [7, 11) is 3.15. The van der Waals surface area contributed by atoms with E-state index in [4.69, 9.17) is 14.5 Å². The van der Waals surface area contributed by atoms with E-state index in [-0.39, 0.29) is 5.91 Å². The van der Waals surface area contributed by atoms with E-state index in [1.807, 2.05) is 23.6 Å². The van der Waals surface area contributed by atoms with Gasteiger partial charge in [-0.05, 0) is 31.2 Å². The minimum Gasteiger partial charge on any atom is -0.493 e. The van der Waals surface area contributed by atoms with Crippen molar-refractivity contribution < 1.29 is 14.3 Å². The number of benzene rings is 2. The van der Waals surface area contributed by atoms with E-state index in [2.05, 4.69) is 16.4 Å². The molecule has 4 aromatic rings. The van der Waals surface area contributed by atoms with Crippen LogP contribution < -0.4 is 14.8 Å². The van der Waals surface area contributed by atoms with Gasteiger partial charge in [-0.15, -0.1) is 0 Å². The Morgan fingerprint density at radius 3 is 2.62 bits per heavy atom. The van der Waals surface area contributed by atoms with Crippen molar-refractivity contribution >= 4 is 16.9 Å². The van der Waals surface area contributed by atoms with Gasteiger partial charge in [0.05, 0.1) is 48.1 Å². The Labute approximate surface area is 185 Å². The van der Waals surface area contributed by atoms with E-state index in [0.717, 1.165) is 5.52 Å². The van der Waals surface area contributed by atoms with Crippen molar-refractivity contribution in [3.63, 3.8) is 0 Å². The number of methoxy groups -OCH3 is 2. The molecule has 0 aliphatic carbocycles. The van der Waals surface area contributed by atoms with Gasteiger partial charge in [-0.25, -0.2) is 9.97 Å². The van der Waals surface area contributed by atoms with Crippen LogP contribution in [0, 0.1) is 11.3 Å². The second-order valence-corrected chi connectivity index (χ2v) is 6.93. The molecule has 1 amide bonds. The van der Waals surface area contributed by atoms with Crippen molar-refractivity contribution in [1.29, 1.82) is 5.26 Å². The number of imidazole rings is 1. The number of aromatic nitrogens is 3. The Balaban J connectivity index is 1.91. The van der Waals surface area contributed by atoms with Gasteiger partial charge in [0.25, 0.3) is 5.91 Å². The molecule has 8 nitrogen and oxygen atoms in total. The number of carbonyl (C=O) groups is 1. The van der Waals surface area contributed by atoms with Crippen LogP contribution in [0.1, 0.15) is 22.8 Å². The SMILES string of the molecule is CCNC(=O)c1ccc(-n2cnc3cc(OC)c(OC)cc32)nc1-c1cccc(C#N)c1. The zero-order chi connectivity index (χ0) is 22.7. The van der Waals surface area contributed by atoms with Crippen LogP contribution >= 0.6 is 0 Å². The van der Waals surface area contributed by atoms with Crippen LogP contribution in [0.2, 0.25) is 0 Å². The number of carbonyl (C=O) groups excluding carboxylic acids is 1. The average molecular weight is 427 g/mol. The summed E-state index contributed by atoms with van der Waals surface area (Å²) in [5, 5.41) is 12.1. The number of ether oxygens (including phenoxy) is 2. The van der Waals surface area contributed by atoms with E-state index in [9.17, 15) is 10.1 Å². The number of pyridine rings is 1. The molecule has 2 aromatic carbocycles. The lowest BCUT2D eigenvalue weighted by atomic mass is 10.0. The van der Waals surface area contributed by atoms with Crippen molar-refractivity contribution in [1.82, 2.24) is 19.9 Å². The molecule has 2 aromatic heterocycles. The molecule has 0 radical (unpaired) electrons. The third-order valence-corrected chi connectivity index (χ3v) is 5.03. The first-order valence-corrected chi connectivity index (χ1v) is 9.98. The van der Waals surface area contributed by atoms with Gasteiger partial charge in [0.15, 0.2) is 11.5 Å². The largest absolute Gasteiger partial charge is 0.493 e. The monoisotopic (exact) mass is 427 g/mol. The maximum Gasteiger partial charge on any atom is 0.253 e. The molecule has 0 atom stereocenters. The van der Waals surface area contributed by atoms with Crippen molar-refractivity contribution in [2.75, 3.05) is 20.8 Å². The summed E-state index contributed by atoms with van der Waals surface area (Å²) in [5.74, 6) is 1.50.